The number of phosphoric ester groups is 2. The molecule has 6 aliphatic heterocycles. The topological polar surface area (TPSA) is 509 Å². The van der Waals surface area contributed by atoms with Crippen LogP contribution < -0.4 is 42.1 Å². The van der Waals surface area contributed by atoms with Gasteiger partial charge in [0.15, 0.2) is 11.6 Å². The standard InChI is InChI=1S/C22H30BrN3O15P2.C20H26BrN3O14P2.2Y/c1-10-19(37-2)16(8-39-43(34,35)36)41-21(10)25-5-11(13(27)3-17(25)29)9-42(32,33)38-7-15-14(28)4-18(40-15)26-6-12(23)20(30)24-22(26)31;21-12-6-24(20(29)22-19(12)28)18-4-14(26)15(38-18)8-35-39(30,31)9-10-5-23(16(27)3-13(10)25)17-2-1-11(37-17)7-36-40(32,33)34;;/h5-6,10,14-16,18-19,21,28H,3-4,7-9H2,1-2H3,(H,32,33)(H,24,30,31)(H2,34,35,36);5-6,11,14-15,17-18,26H,1-4,7-9H2,(H,30,31)(H,22,28,29)(H2,32,33,34);;/p-4. The number of hydrogen-bond donors (Lipinski definition) is 6. The second kappa shape index (κ2) is 30.8. The normalized spacial score (nSPS) is 30.7. The fourth-order valence-corrected chi connectivity index (χ4v) is 13.0. The SMILES string of the molecule is COC1C(COP(=O)([O-])O)OC(N2C=C(CP(=O)([O-])OCC3OC(n4cc(Br)c(=O)[nH]c4=O)CC3O)C(=O)CC2=O)C1C.O=C1CC(=O)N(C2CCC(COP(=O)([O-])O)O2)C=C1CP(=O)([O-])OCC1OC(n2cc(Br)c(=O)[nH]c2=O)CC1O.[Y].[Y]. The van der Waals surface area contributed by atoms with Gasteiger partial charge in [-0.3, -0.25) is 66.8 Å². The molecule has 4 fully saturated rings. The van der Waals surface area contributed by atoms with E-state index < -0.39 is 202 Å². The van der Waals surface area contributed by atoms with Crippen molar-refractivity contribution < 1.29 is 184 Å². The number of aliphatic hydroxyl groups is 2. The quantitative estimate of drug-likeness (QED) is 0.0516. The first-order valence-corrected chi connectivity index (χ1v) is 32.5. The number of nitrogens with zero attached hydrogens (tertiary/aromatic N) is 4. The Bertz CT molecular complexity index is 3340. The van der Waals surface area contributed by atoms with E-state index in [1.54, 1.807) is 6.92 Å². The van der Waals surface area contributed by atoms with Gasteiger partial charge >= 0.3 is 11.4 Å². The summed E-state index contributed by atoms with van der Waals surface area (Å²) < 4.78 is 96.0. The number of aromatic amines is 2. The van der Waals surface area contributed by atoms with E-state index in [4.69, 9.17) is 42.5 Å². The van der Waals surface area contributed by atoms with Crippen LogP contribution in [0.25, 0.3) is 0 Å². The van der Waals surface area contributed by atoms with Crippen LogP contribution in [-0.2, 0) is 145 Å². The van der Waals surface area contributed by atoms with Gasteiger partial charge in [0.25, 0.3) is 26.8 Å². The average molecular weight is 1570 g/mol. The maximum atomic E-state index is 12.8. The van der Waals surface area contributed by atoms with Crippen molar-refractivity contribution in [2.24, 2.45) is 5.92 Å². The van der Waals surface area contributed by atoms with Gasteiger partial charge in [0.05, 0.1) is 72.6 Å². The summed E-state index contributed by atoms with van der Waals surface area (Å²) in [5.41, 5.74) is -3.49. The Hall–Kier alpha value is -1.47. The Morgan fingerprint density at radius 2 is 1.04 bits per heavy atom. The molecule has 2 amide bonds. The van der Waals surface area contributed by atoms with Crippen LogP contribution in [0, 0.1) is 5.92 Å². The molecular formula is C42H52Br2N6O29P4Y2-4. The number of ketones is 2. The van der Waals surface area contributed by atoms with Gasteiger partial charge in [-0.25, -0.2) is 9.59 Å². The molecule has 0 bridgehead atoms. The molecule has 468 valence electrons. The molecule has 4 saturated heterocycles. The molecule has 0 saturated carbocycles. The number of carbonyl (C=O) groups excluding carboxylic acids is 4. The van der Waals surface area contributed by atoms with Gasteiger partial charge in [0.2, 0.25) is 11.8 Å². The number of aliphatic hydroxyl groups excluding tert-OH is 2. The smallest absolute Gasteiger partial charge is 0.330 e. The largest absolute Gasteiger partial charge is 0.778 e. The summed E-state index contributed by atoms with van der Waals surface area (Å²) in [7, 11) is -18.3. The number of halogens is 2. The predicted octanol–water partition coefficient (Wildman–Crippen LogP) is -3.76. The van der Waals surface area contributed by atoms with Crippen LogP contribution in [0.4, 0.5) is 0 Å². The first-order chi connectivity index (χ1) is 38.6. The third-order valence-corrected chi connectivity index (χ3v) is 18.0. The maximum absolute atomic E-state index is 12.8. The molecule has 85 heavy (non-hydrogen) atoms. The molecule has 8 rings (SSSR count). The van der Waals surface area contributed by atoms with Crippen LogP contribution in [0.3, 0.4) is 0 Å². The Balaban J connectivity index is 0.000000304. The van der Waals surface area contributed by atoms with E-state index in [2.05, 4.69) is 50.9 Å². The second-order valence-electron chi connectivity index (χ2n) is 19.3. The first kappa shape index (κ1) is 74.3. The Kier molecular flexibility index (Phi) is 26.9. The van der Waals surface area contributed by atoms with Crippen molar-refractivity contribution in [3.05, 3.63) is 86.6 Å². The number of H-pyrrole nitrogens is 2. The van der Waals surface area contributed by atoms with E-state index in [1.807, 2.05) is 0 Å². The molecule has 35 nitrogen and oxygen atoms in total. The molecule has 2 radical (unpaired) electrons. The monoisotopic (exact) mass is 1560 g/mol. The number of methoxy groups -OCH3 is 1. The van der Waals surface area contributed by atoms with Crippen LogP contribution in [0.2, 0.25) is 0 Å². The van der Waals surface area contributed by atoms with Crippen molar-refractivity contribution in [1.29, 1.82) is 0 Å². The fourth-order valence-electron chi connectivity index (χ4n) is 9.39. The van der Waals surface area contributed by atoms with Gasteiger partial charge < -0.3 is 90.5 Å². The van der Waals surface area contributed by atoms with Crippen molar-refractivity contribution in [3.8, 4) is 0 Å². The molecule has 6 N–H and O–H groups in total. The zero-order valence-corrected chi connectivity index (χ0v) is 56.6. The number of ether oxygens (including phenoxy) is 5. The van der Waals surface area contributed by atoms with E-state index in [9.17, 15) is 86.4 Å². The van der Waals surface area contributed by atoms with E-state index in [0.29, 0.717) is 0 Å². The minimum absolute atomic E-state index is 0. The molecule has 8 heterocycles. The van der Waals surface area contributed by atoms with Gasteiger partial charge in [-0.05, 0) is 44.7 Å². The van der Waals surface area contributed by atoms with Crippen molar-refractivity contribution in [1.82, 2.24) is 28.9 Å². The van der Waals surface area contributed by atoms with E-state index >= 15 is 0 Å². The number of carbonyl (C=O) groups is 4. The summed E-state index contributed by atoms with van der Waals surface area (Å²) in [6.07, 6.45) is -9.90. The van der Waals surface area contributed by atoms with Crippen molar-refractivity contribution >= 4 is 86.1 Å². The number of amides is 2. The number of hydrogen-bond acceptors (Lipinski definition) is 27. The van der Waals surface area contributed by atoms with Crippen LogP contribution in [0.1, 0.15) is 57.9 Å². The van der Waals surface area contributed by atoms with E-state index in [0.717, 1.165) is 31.3 Å². The maximum Gasteiger partial charge on any atom is 0.330 e. The minimum Gasteiger partial charge on any atom is -0.778 e. The zero-order valence-electron chi connectivity index (χ0n) is 44.2. The molecule has 2 aromatic heterocycles. The number of phosphoric acid groups is 2. The first-order valence-electron chi connectivity index (χ1n) is 24.5. The van der Waals surface area contributed by atoms with Crippen LogP contribution >= 0.6 is 62.7 Å². The van der Waals surface area contributed by atoms with Crippen LogP contribution in [0.5, 0.6) is 0 Å². The summed E-state index contributed by atoms with van der Waals surface area (Å²) in [4.78, 5) is 169. The van der Waals surface area contributed by atoms with Crippen molar-refractivity contribution in [3.63, 3.8) is 0 Å². The fraction of sp³-hybridized carbons (Fsp3) is 0.619. The summed E-state index contributed by atoms with van der Waals surface area (Å²) in [6, 6.07) is 0. The molecule has 6 aliphatic rings. The number of aromatic nitrogens is 4. The minimum atomic E-state index is -5.08. The summed E-state index contributed by atoms with van der Waals surface area (Å²) in [5, 5.41) is 20.7. The van der Waals surface area contributed by atoms with Gasteiger partial charge in [-0.1, -0.05) is 6.92 Å². The summed E-state index contributed by atoms with van der Waals surface area (Å²) in [6.45, 7) is -0.784. The summed E-state index contributed by atoms with van der Waals surface area (Å²) in [5.74, 6) is -3.48. The number of Topliss-reactive ketones (excluding diaryl/α,β-unsaturated/α-hetero) is 2. The molecule has 0 aromatic carbocycles. The predicted molar refractivity (Wildman–Crippen MR) is 271 cm³/mol. The number of rotatable bonds is 21. The van der Waals surface area contributed by atoms with E-state index in [-0.39, 0.29) is 111 Å². The molecule has 16 unspecified atom stereocenters. The molecule has 43 heteroatoms. The molecule has 0 aliphatic carbocycles. The Morgan fingerprint density at radius 3 is 1.48 bits per heavy atom. The van der Waals surface area contributed by atoms with Gasteiger partial charge in [-0.2, -0.15) is 0 Å². The molecular weight excluding hydrogens is 1510 g/mol. The van der Waals surface area contributed by atoms with Crippen molar-refractivity contribution in [2.45, 2.75) is 113 Å². The van der Waals surface area contributed by atoms with Crippen molar-refractivity contribution in [2.75, 3.05) is 45.9 Å². The molecule has 2 aromatic rings. The Labute approximate surface area is 546 Å². The second-order valence-corrected chi connectivity index (χ2v) is 27.0. The van der Waals surface area contributed by atoms with E-state index in [1.165, 1.54) is 19.5 Å². The third kappa shape index (κ3) is 20.0. The molecule has 16 atom stereocenters. The van der Waals surface area contributed by atoms with Gasteiger partial charge in [0.1, 0.15) is 58.4 Å². The third-order valence-electron chi connectivity index (χ3n) is 13.4. The molecule has 0 spiro atoms. The average Bonchev–Trinajstić information content (AvgIpc) is 4.35. The Morgan fingerprint density at radius 1 is 0.612 bits per heavy atom. The van der Waals surface area contributed by atoms with Crippen LogP contribution in [0.15, 0.2) is 64.1 Å². The van der Waals surface area contributed by atoms with Gasteiger partial charge in [-0.15, -0.1) is 0 Å². The van der Waals surface area contributed by atoms with Crippen LogP contribution in [-0.4, -0.2) is 173 Å². The zero-order chi connectivity index (χ0) is 61.3. The van der Waals surface area contributed by atoms with Gasteiger partial charge in [0, 0.05) is 140 Å². The number of allylic oxidation sites excluding steroid dienone is 2. The summed E-state index contributed by atoms with van der Waals surface area (Å²) >= 11 is 5.98. The number of nitrogens with one attached hydrogen (secondary N) is 2.